The third kappa shape index (κ3) is 10.9. The highest BCUT2D eigenvalue weighted by atomic mass is 35.5. The Morgan fingerprint density at radius 2 is 0.673 bits per heavy atom. The standard InChI is InChI=1S/C39H24N4S.C30H26BNO2S.C15H10ClN3/c1-3-11-25(12-4-1)37-40-38(26-13-5-2-6-14-26)42-39(41-37)27-19-21-28(22-20-27)43-33-17-9-7-15-29(33)31-23-24-32-30-16-8-10-18-34(30)44-36(32)35(31)43;1-29(2)30(3,4)34-31(33-29)19-13-15-20(16-14-19)32-25-11-7-5-9-21(25)23-17-18-24-22-10-6-8-12-26(22)35-28(24)27(23)32;16-15-18-13(11-7-3-1-4-8-11)17-14(19-15)12-9-5-2-6-10-12/h1-24H;5-18H,1-4H3;1-10H/i1D,2D,3D,4D,5D,6D,11D,12D,13D,14D;;1D,2D,3D,4D,5D,6D,7D,8D,9D,10D. The van der Waals surface area contributed by atoms with E-state index >= 15 is 0 Å². The lowest BCUT2D eigenvalue weighted by atomic mass is 9.79. The van der Waals surface area contributed by atoms with Crippen LogP contribution in [0.3, 0.4) is 0 Å². The van der Waals surface area contributed by atoms with E-state index in [0.29, 0.717) is 5.56 Å². The Bertz CT molecular complexity index is 7030. The molecule has 6 aromatic heterocycles. The normalized spacial score (nSPS) is 16.3. The molecule has 1 aliphatic heterocycles. The van der Waals surface area contributed by atoms with Crippen molar-refractivity contribution in [3.8, 4) is 68.3 Å². The molecule has 0 atom stereocenters. The summed E-state index contributed by atoms with van der Waals surface area (Å²) >= 11 is 9.53. The third-order valence-electron chi connectivity index (χ3n) is 17.6. The van der Waals surface area contributed by atoms with Gasteiger partial charge in [0.25, 0.3) is 0 Å². The molecular formula is C84H60BClN8O2S2. The quantitative estimate of drug-likeness (QED) is 0.139. The Labute approximate surface area is 607 Å². The Balaban J connectivity index is 0.000000135. The van der Waals surface area contributed by atoms with E-state index in [0.717, 1.165) is 48.7 Å². The number of hydrogen-bond acceptors (Lipinski definition) is 10. The first-order valence-electron chi connectivity index (χ1n) is 41.0. The van der Waals surface area contributed by atoms with Crippen LogP contribution in [0.15, 0.2) is 291 Å². The number of fused-ring (bicyclic) bond motifs is 14. The molecule has 14 heteroatoms. The smallest absolute Gasteiger partial charge is 0.399 e. The first kappa shape index (κ1) is 42.5. The van der Waals surface area contributed by atoms with E-state index in [2.05, 4.69) is 188 Å². The second kappa shape index (κ2) is 24.9. The van der Waals surface area contributed by atoms with E-state index in [9.17, 15) is 0 Å². The zero-order valence-electron chi connectivity index (χ0n) is 72.3. The van der Waals surface area contributed by atoms with Crippen molar-refractivity contribution in [3.63, 3.8) is 0 Å². The predicted octanol–water partition coefficient (Wildman–Crippen LogP) is 21.6. The summed E-state index contributed by atoms with van der Waals surface area (Å²) in [6, 6.07) is 47.2. The number of aromatic nitrogens is 8. The average Bonchev–Trinajstić information content (AvgIpc) is 1.52. The second-order valence-electron chi connectivity index (χ2n) is 23.9. The lowest BCUT2D eigenvalue weighted by molar-refractivity contribution is 0.00578. The van der Waals surface area contributed by atoms with Crippen LogP contribution < -0.4 is 5.46 Å². The van der Waals surface area contributed by atoms with Crippen molar-refractivity contribution >= 4 is 131 Å². The molecule has 19 rings (SSSR count). The highest BCUT2D eigenvalue weighted by Crippen LogP contribution is 2.45. The Hall–Kier alpha value is -11.0. The number of para-hydroxylation sites is 2. The van der Waals surface area contributed by atoms with E-state index in [1.54, 1.807) is 23.5 Å². The van der Waals surface area contributed by atoms with Gasteiger partial charge >= 0.3 is 7.12 Å². The first-order chi connectivity index (χ1) is 56.3. The summed E-state index contributed by atoms with van der Waals surface area (Å²) < 4.78 is 184. The number of nitrogens with zero attached hydrogens (tertiary/aromatic N) is 8. The van der Waals surface area contributed by atoms with Crippen LogP contribution in [0.25, 0.3) is 152 Å². The highest BCUT2D eigenvalue weighted by Gasteiger charge is 2.51. The number of rotatable bonds is 8. The number of halogens is 1. The van der Waals surface area contributed by atoms with Gasteiger partial charge in [0, 0.05) is 91.7 Å². The molecule has 10 nitrogen and oxygen atoms in total. The largest absolute Gasteiger partial charge is 0.494 e. The SMILES string of the molecule is CC1(C)OB(c2ccc(-n3c4ccccc4c4ccc5c6ccccc6sc5c43)cc2)OC1(C)C.[2H]c1c([2H])c([2H])c(-c2nc(-c3ccc(-n4c5ccccc5c5ccc6c7ccccc7sc6c54)cc3)nc(-c3c([2H])c([2H])c([2H])c([2H])c3[2H])n2)c([2H])c1[2H].[2H]c1c([2H])c([2H])c(-c2nc(Cl)nc(-c3c([2H])c([2H])c([2H])c([2H])c3[2H])n2)c([2H])c1[2H]. The van der Waals surface area contributed by atoms with Gasteiger partial charge in [0.2, 0.25) is 5.28 Å². The van der Waals surface area contributed by atoms with Gasteiger partial charge in [-0.05, 0) is 105 Å². The van der Waals surface area contributed by atoms with Gasteiger partial charge in [-0.15, -0.1) is 22.7 Å². The summed E-state index contributed by atoms with van der Waals surface area (Å²) in [6.45, 7) is 8.37. The van der Waals surface area contributed by atoms with E-state index in [1.807, 2.05) is 47.7 Å². The summed E-state index contributed by atoms with van der Waals surface area (Å²) in [5.74, 6) is -1.38. The van der Waals surface area contributed by atoms with Crippen molar-refractivity contribution in [1.29, 1.82) is 0 Å². The molecule has 0 spiro atoms. The topological polar surface area (TPSA) is 106 Å². The Morgan fingerprint density at radius 1 is 0.347 bits per heavy atom. The molecule has 1 aliphatic rings. The molecule has 0 amide bonds. The van der Waals surface area contributed by atoms with Crippen LogP contribution in [0, 0.1) is 0 Å². The molecule has 0 unspecified atom stereocenters. The van der Waals surface area contributed by atoms with Gasteiger partial charge in [0.05, 0.1) is 70.1 Å². The van der Waals surface area contributed by atoms with Crippen LogP contribution in [0.5, 0.6) is 0 Å². The fourth-order valence-electron chi connectivity index (χ4n) is 12.3. The third-order valence-corrected chi connectivity index (χ3v) is 20.1. The van der Waals surface area contributed by atoms with Gasteiger partial charge in [-0.25, -0.2) is 19.9 Å². The number of benzene rings is 12. The minimum Gasteiger partial charge on any atom is -0.399 e. The maximum atomic E-state index is 8.60. The molecule has 0 N–H and O–H groups in total. The predicted molar refractivity (Wildman–Crippen MR) is 408 cm³/mol. The van der Waals surface area contributed by atoms with Crippen LogP contribution >= 0.6 is 34.3 Å². The van der Waals surface area contributed by atoms with Crippen LogP contribution in [0.4, 0.5) is 0 Å². The van der Waals surface area contributed by atoms with Crippen LogP contribution in [-0.2, 0) is 9.31 Å². The van der Waals surface area contributed by atoms with Crippen molar-refractivity contribution in [1.82, 2.24) is 39.0 Å². The van der Waals surface area contributed by atoms with E-state index in [1.165, 1.54) is 52.1 Å². The fraction of sp³-hybridized carbons (Fsp3) is 0.0714. The molecule has 0 bridgehead atoms. The summed E-state index contributed by atoms with van der Waals surface area (Å²) in [5, 5.41) is 9.31. The fourth-order valence-corrected chi connectivity index (χ4v) is 14.9. The van der Waals surface area contributed by atoms with E-state index in [-0.39, 0.29) is 69.7 Å². The molecule has 7 heterocycles. The lowest BCUT2D eigenvalue weighted by Crippen LogP contribution is -2.41. The van der Waals surface area contributed by atoms with Crippen LogP contribution in [0.2, 0.25) is 5.28 Å². The minimum absolute atomic E-state index is 0.00860. The summed E-state index contributed by atoms with van der Waals surface area (Å²) in [6.07, 6.45) is 0. The molecule has 1 saturated heterocycles. The van der Waals surface area contributed by atoms with Gasteiger partial charge < -0.3 is 18.4 Å². The van der Waals surface area contributed by atoms with Gasteiger partial charge in [0.15, 0.2) is 29.1 Å². The molecular weight excluding hydrogens is 1260 g/mol. The Kier molecular flexibility index (Phi) is 10.8. The molecule has 1 fully saturated rings. The maximum Gasteiger partial charge on any atom is 0.494 e. The first-order valence-corrected chi connectivity index (χ1v) is 33.0. The lowest BCUT2D eigenvalue weighted by Gasteiger charge is -2.32. The summed E-state index contributed by atoms with van der Waals surface area (Å²) in [4.78, 5) is 25.1. The van der Waals surface area contributed by atoms with Crippen LogP contribution in [0.1, 0.15) is 55.1 Å². The van der Waals surface area contributed by atoms with Gasteiger partial charge in [-0.2, -0.15) is 9.97 Å². The van der Waals surface area contributed by atoms with Crippen molar-refractivity contribution < 1.29 is 36.7 Å². The zero-order valence-corrected chi connectivity index (χ0v) is 54.7. The van der Waals surface area contributed by atoms with Crippen LogP contribution in [-0.4, -0.2) is 57.4 Å². The maximum absolute atomic E-state index is 8.60. The summed E-state index contributed by atoms with van der Waals surface area (Å²) in [5.41, 5.74) is 6.02. The average molecular weight is 1340 g/mol. The zero-order chi connectivity index (χ0) is 83.5. The highest BCUT2D eigenvalue weighted by molar-refractivity contribution is 7.27. The molecule has 0 aliphatic carbocycles. The van der Waals surface area contributed by atoms with Gasteiger partial charge in [-0.1, -0.05) is 230 Å². The van der Waals surface area contributed by atoms with Crippen molar-refractivity contribution in [2.24, 2.45) is 0 Å². The molecule has 0 saturated carbocycles. The molecule has 12 aromatic carbocycles. The molecule has 18 aromatic rings. The number of thiophene rings is 2. The number of hydrogen-bond donors (Lipinski definition) is 0. The molecule has 0 radical (unpaired) electrons. The molecule has 470 valence electrons. The van der Waals surface area contributed by atoms with E-state index in [4.69, 9.17) is 48.3 Å². The van der Waals surface area contributed by atoms with Crippen molar-refractivity contribution in [3.05, 3.63) is 296 Å². The Morgan fingerprint density at radius 3 is 1.07 bits per heavy atom. The van der Waals surface area contributed by atoms with Crippen molar-refractivity contribution in [2.75, 3.05) is 0 Å². The van der Waals surface area contributed by atoms with Gasteiger partial charge in [-0.3, -0.25) is 0 Å². The van der Waals surface area contributed by atoms with Crippen molar-refractivity contribution in [2.45, 2.75) is 38.9 Å². The monoisotopic (exact) mass is 1340 g/mol. The van der Waals surface area contributed by atoms with Gasteiger partial charge in [0.1, 0.15) is 0 Å². The summed E-state index contributed by atoms with van der Waals surface area (Å²) in [7, 11) is -0.360. The second-order valence-corrected chi connectivity index (χ2v) is 26.3. The minimum atomic E-state index is -0.609. The van der Waals surface area contributed by atoms with E-state index < -0.39 is 126 Å². The molecule has 98 heavy (non-hydrogen) atoms.